The molecule has 2 heterocycles. The van der Waals surface area contributed by atoms with E-state index in [2.05, 4.69) is 24.7 Å². The number of benzene rings is 2. The van der Waals surface area contributed by atoms with Gasteiger partial charge in [0.1, 0.15) is 0 Å². The van der Waals surface area contributed by atoms with Crippen molar-refractivity contribution in [3.63, 3.8) is 0 Å². The number of fused-ring (bicyclic) bond motifs is 2. The monoisotopic (exact) mass is 393 g/mol. The first-order valence-electron chi connectivity index (χ1n) is 10.1. The van der Waals surface area contributed by atoms with Crippen LogP contribution >= 0.6 is 0 Å². The van der Waals surface area contributed by atoms with Crippen molar-refractivity contribution in [3.05, 3.63) is 59.8 Å². The Kier molecular flexibility index (Phi) is 5.15. The molecule has 4 rings (SSSR count). The molecule has 0 radical (unpaired) electrons. The summed E-state index contributed by atoms with van der Waals surface area (Å²) >= 11 is 0. The van der Waals surface area contributed by atoms with Crippen LogP contribution in [0.3, 0.4) is 0 Å². The van der Waals surface area contributed by atoms with Crippen LogP contribution in [0.15, 0.2) is 54.2 Å². The SMILES string of the molecule is CCOC(=O)C1=CN(C(=O)c2ccc3ccccc3c2)CC(C)(C)C2CNNC12. The number of hydrazine groups is 1. The van der Waals surface area contributed by atoms with E-state index in [9.17, 15) is 9.59 Å². The molecule has 2 aromatic rings. The zero-order valence-corrected chi connectivity index (χ0v) is 17.1. The van der Waals surface area contributed by atoms with Crippen molar-refractivity contribution in [1.29, 1.82) is 0 Å². The van der Waals surface area contributed by atoms with Gasteiger partial charge in [-0.15, -0.1) is 0 Å². The van der Waals surface area contributed by atoms with E-state index in [1.807, 2.05) is 42.5 Å². The van der Waals surface area contributed by atoms with Crippen LogP contribution in [-0.2, 0) is 9.53 Å². The minimum atomic E-state index is -0.382. The van der Waals surface area contributed by atoms with Gasteiger partial charge in [0.15, 0.2) is 0 Å². The van der Waals surface area contributed by atoms with E-state index < -0.39 is 0 Å². The summed E-state index contributed by atoms with van der Waals surface area (Å²) in [6.45, 7) is 7.61. The summed E-state index contributed by atoms with van der Waals surface area (Å²) in [4.78, 5) is 27.8. The third-order valence-electron chi connectivity index (χ3n) is 5.96. The van der Waals surface area contributed by atoms with Crippen LogP contribution in [0.5, 0.6) is 0 Å². The number of ether oxygens (including phenoxy) is 1. The molecule has 152 valence electrons. The molecule has 0 bridgehead atoms. The zero-order valence-electron chi connectivity index (χ0n) is 17.1. The van der Waals surface area contributed by atoms with Crippen molar-refractivity contribution >= 4 is 22.6 Å². The van der Waals surface area contributed by atoms with Gasteiger partial charge in [-0.1, -0.05) is 44.2 Å². The van der Waals surface area contributed by atoms with Gasteiger partial charge in [-0.25, -0.2) is 10.2 Å². The van der Waals surface area contributed by atoms with Crippen molar-refractivity contribution in [1.82, 2.24) is 15.8 Å². The summed E-state index contributed by atoms with van der Waals surface area (Å²) in [6, 6.07) is 13.5. The average molecular weight is 393 g/mol. The van der Waals surface area contributed by atoms with Crippen LogP contribution in [0.1, 0.15) is 31.1 Å². The minimum Gasteiger partial charge on any atom is -0.463 e. The Morgan fingerprint density at radius 1 is 1.17 bits per heavy atom. The molecule has 2 atom stereocenters. The normalized spacial score (nSPS) is 23.3. The van der Waals surface area contributed by atoms with E-state index in [1.54, 1.807) is 18.0 Å². The van der Waals surface area contributed by atoms with Gasteiger partial charge in [0.05, 0.1) is 18.2 Å². The van der Waals surface area contributed by atoms with Crippen LogP contribution < -0.4 is 10.9 Å². The summed E-state index contributed by atoms with van der Waals surface area (Å²) < 4.78 is 5.29. The first-order valence-corrected chi connectivity index (χ1v) is 10.1. The van der Waals surface area contributed by atoms with Gasteiger partial charge in [0, 0.05) is 30.8 Å². The average Bonchev–Trinajstić information content (AvgIpc) is 3.17. The van der Waals surface area contributed by atoms with E-state index in [4.69, 9.17) is 4.74 Å². The van der Waals surface area contributed by atoms with Crippen LogP contribution in [0.25, 0.3) is 10.8 Å². The number of rotatable bonds is 3. The Balaban J connectivity index is 1.74. The van der Waals surface area contributed by atoms with E-state index in [1.165, 1.54) is 0 Å². The molecule has 0 saturated carbocycles. The second-order valence-electron chi connectivity index (χ2n) is 8.40. The standard InChI is InChI=1S/C23H27N3O3/c1-4-29-22(28)18-13-26(14-23(2,3)19-12-24-25-20(18)19)21(27)17-10-9-15-7-5-6-8-16(15)11-17/h5-11,13,19-20,24-25H,4,12,14H2,1-3H3. The Labute approximate surface area is 170 Å². The smallest absolute Gasteiger partial charge is 0.337 e. The topological polar surface area (TPSA) is 70.7 Å². The maximum atomic E-state index is 13.4. The third-order valence-corrected chi connectivity index (χ3v) is 5.96. The van der Waals surface area contributed by atoms with Crippen molar-refractivity contribution in [2.24, 2.45) is 11.3 Å². The third kappa shape index (κ3) is 3.66. The van der Waals surface area contributed by atoms with Crippen LogP contribution in [-0.4, -0.2) is 42.5 Å². The number of carbonyl (C=O) groups excluding carboxylic acids is 2. The van der Waals surface area contributed by atoms with E-state index in [0.29, 0.717) is 24.3 Å². The molecule has 2 unspecified atom stereocenters. The Bertz CT molecular complexity index is 982. The largest absolute Gasteiger partial charge is 0.463 e. The number of esters is 1. The molecular weight excluding hydrogens is 366 g/mol. The predicted octanol–water partition coefficient (Wildman–Crippen LogP) is 2.86. The zero-order chi connectivity index (χ0) is 20.6. The van der Waals surface area contributed by atoms with Crippen molar-refractivity contribution in [3.8, 4) is 0 Å². The summed E-state index contributed by atoms with van der Waals surface area (Å²) in [6.07, 6.45) is 1.68. The lowest BCUT2D eigenvalue weighted by molar-refractivity contribution is -0.139. The number of nitrogens with zero attached hydrogens (tertiary/aromatic N) is 1. The van der Waals surface area contributed by atoms with Gasteiger partial charge < -0.3 is 9.64 Å². The van der Waals surface area contributed by atoms with Gasteiger partial charge >= 0.3 is 5.97 Å². The van der Waals surface area contributed by atoms with Gasteiger partial charge in [-0.3, -0.25) is 10.2 Å². The van der Waals surface area contributed by atoms with E-state index in [0.717, 1.165) is 17.3 Å². The molecule has 1 saturated heterocycles. The molecule has 1 amide bonds. The molecule has 2 aliphatic rings. The van der Waals surface area contributed by atoms with Crippen LogP contribution in [0.4, 0.5) is 0 Å². The fourth-order valence-corrected chi connectivity index (χ4v) is 4.38. The highest BCUT2D eigenvalue weighted by atomic mass is 16.5. The van der Waals surface area contributed by atoms with Crippen molar-refractivity contribution < 1.29 is 14.3 Å². The fourth-order valence-electron chi connectivity index (χ4n) is 4.38. The van der Waals surface area contributed by atoms with Gasteiger partial charge in [-0.05, 0) is 35.2 Å². The summed E-state index contributed by atoms with van der Waals surface area (Å²) in [5.41, 5.74) is 7.28. The maximum Gasteiger partial charge on any atom is 0.337 e. The first kappa shape index (κ1) is 19.6. The molecule has 0 aliphatic carbocycles. The minimum absolute atomic E-state index is 0.112. The lowest BCUT2D eigenvalue weighted by Gasteiger charge is -2.34. The second-order valence-corrected chi connectivity index (χ2v) is 8.40. The number of carbonyl (C=O) groups is 2. The summed E-state index contributed by atoms with van der Waals surface area (Å²) in [5.74, 6) is -0.334. The number of nitrogens with one attached hydrogen (secondary N) is 2. The maximum absolute atomic E-state index is 13.4. The molecule has 0 spiro atoms. The Morgan fingerprint density at radius 2 is 1.93 bits per heavy atom. The Morgan fingerprint density at radius 3 is 2.69 bits per heavy atom. The van der Waals surface area contributed by atoms with Crippen LogP contribution in [0.2, 0.25) is 0 Å². The van der Waals surface area contributed by atoms with E-state index >= 15 is 0 Å². The molecular formula is C23H27N3O3. The molecule has 29 heavy (non-hydrogen) atoms. The molecule has 1 fully saturated rings. The number of hydrogen-bond donors (Lipinski definition) is 2. The quantitative estimate of drug-likeness (QED) is 0.785. The lowest BCUT2D eigenvalue weighted by atomic mass is 9.74. The summed E-state index contributed by atoms with van der Waals surface area (Å²) in [5, 5.41) is 2.11. The number of hydrogen-bond acceptors (Lipinski definition) is 5. The molecule has 0 aromatic heterocycles. The Hall–Kier alpha value is -2.70. The highest BCUT2D eigenvalue weighted by Gasteiger charge is 2.46. The predicted molar refractivity (Wildman–Crippen MR) is 112 cm³/mol. The molecule has 6 heteroatoms. The number of amides is 1. The molecule has 2 N–H and O–H groups in total. The summed E-state index contributed by atoms with van der Waals surface area (Å²) in [7, 11) is 0. The first-order chi connectivity index (χ1) is 13.9. The van der Waals surface area contributed by atoms with Gasteiger partial charge in [0.2, 0.25) is 0 Å². The second kappa shape index (κ2) is 7.61. The van der Waals surface area contributed by atoms with Gasteiger partial charge in [0.25, 0.3) is 5.91 Å². The fraction of sp³-hybridized carbons (Fsp3) is 0.391. The van der Waals surface area contributed by atoms with Crippen molar-refractivity contribution in [2.45, 2.75) is 26.8 Å². The van der Waals surface area contributed by atoms with Gasteiger partial charge in [-0.2, -0.15) is 0 Å². The van der Waals surface area contributed by atoms with Crippen molar-refractivity contribution in [2.75, 3.05) is 19.7 Å². The lowest BCUT2D eigenvalue weighted by Crippen LogP contribution is -2.42. The molecule has 6 nitrogen and oxygen atoms in total. The van der Waals surface area contributed by atoms with Crippen LogP contribution in [0, 0.1) is 11.3 Å². The molecule has 2 aromatic carbocycles. The van der Waals surface area contributed by atoms with E-state index in [-0.39, 0.29) is 29.3 Å². The molecule has 2 aliphatic heterocycles. The highest BCUT2D eigenvalue weighted by molar-refractivity contribution is 6.00. The highest BCUT2D eigenvalue weighted by Crippen LogP contribution is 2.38.